The van der Waals surface area contributed by atoms with Crippen molar-refractivity contribution in [3.05, 3.63) is 16.5 Å². The highest BCUT2D eigenvalue weighted by Gasteiger charge is 2.22. The first kappa shape index (κ1) is 15.9. The summed E-state index contributed by atoms with van der Waals surface area (Å²) in [7, 11) is -3.39. The van der Waals surface area contributed by atoms with Crippen LogP contribution < -0.4 is 10.0 Å². The minimum atomic E-state index is -3.39. The lowest BCUT2D eigenvalue weighted by Gasteiger charge is -2.08. The molecule has 0 bridgehead atoms. The number of ether oxygens (including phenoxy) is 1. The zero-order valence-corrected chi connectivity index (χ0v) is 13.6. The lowest BCUT2D eigenvalue weighted by atomic mass is 10.1. The van der Waals surface area contributed by atoms with Crippen LogP contribution in [0.4, 0.5) is 0 Å². The van der Waals surface area contributed by atoms with Gasteiger partial charge in [0.2, 0.25) is 10.0 Å². The van der Waals surface area contributed by atoms with Crippen molar-refractivity contribution in [3.63, 3.8) is 0 Å². The number of aryl methyl sites for hydroxylation is 1. The summed E-state index contributed by atoms with van der Waals surface area (Å²) in [5.41, 5.74) is 1.03. The molecule has 0 aliphatic carbocycles. The fraction of sp³-hybridized carbons (Fsp3) is 0.692. The zero-order valence-electron chi connectivity index (χ0n) is 11.9. The quantitative estimate of drug-likeness (QED) is 0.799. The van der Waals surface area contributed by atoms with Gasteiger partial charge in [-0.3, -0.25) is 0 Å². The van der Waals surface area contributed by atoms with Crippen molar-refractivity contribution >= 4 is 21.4 Å². The van der Waals surface area contributed by atoms with Crippen molar-refractivity contribution in [2.24, 2.45) is 5.92 Å². The van der Waals surface area contributed by atoms with E-state index >= 15 is 0 Å². The van der Waals surface area contributed by atoms with E-state index in [1.54, 1.807) is 6.07 Å². The molecule has 1 aliphatic rings. The minimum Gasteiger partial charge on any atom is -0.381 e. The Balaban J connectivity index is 2.00. The lowest BCUT2D eigenvalue weighted by molar-refractivity contribution is 0.186. The molecule has 1 fully saturated rings. The fourth-order valence-electron chi connectivity index (χ4n) is 2.08. The van der Waals surface area contributed by atoms with E-state index < -0.39 is 10.0 Å². The fourth-order valence-corrected chi connectivity index (χ4v) is 4.80. The highest BCUT2D eigenvalue weighted by Crippen LogP contribution is 2.26. The first-order chi connectivity index (χ1) is 9.53. The molecule has 0 radical (unpaired) electrons. The molecule has 0 amide bonds. The van der Waals surface area contributed by atoms with Gasteiger partial charge in [-0.2, -0.15) is 0 Å². The van der Waals surface area contributed by atoms with Gasteiger partial charge in [-0.15, -0.1) is 11.3 Å². The first-order valence-electron chi connectivity index (χ1n) is 6.90. The van der Waals surface area contributed by atoms with Gasteiger partial charge < -0.3 is 10.1 Å². The third-order valence-corrected chi connectivity index (χ3v) is 6.52. The van der Waals surface area contributed by atoms with E-state index in [2.05, 4.69) is 10.0 Å². The Morgan fingerprint density at radius 2 is 2.30 bits per heavy atom. The Hall–Kier alpha value is -0.470. The second-order valence-electron chi connectivity index (χ2n) is 5.03. The normalized spacial score (nSPS) is 19.6. The SMILES string of the molecule is CCNCc1sc(S(=O)(=O)NCC2CCOC2)cc1C. The van der Waals surface area contributed by atoms with Gasteiger partial charge in [-0.25, -0.2) is 13.1 Å². The van der Waals surface area contributed by atoms with Crippen LogP contribution in [0.3, 0.4) is 0 Å². The van der Waals surface area contributed by atoms with Crippen LogP contribution in [-0.2, 0) is 21.3 Å². The van der Waals surface area contributed by atoms with Crippen LogP contribution in [0, 0.1) is 12.8 Å². The van der Waals surface area contributed by atoms with Crippen molar-refractivity contribution in [1.82, 2.24) is 10.0 Å². The summed E-state index contributed by atoms with van der Waals surface area (Å²) in [6.45, 7) is 7.42. The second-order valence-corrected chi connectivity index (χ2v) is 8.16. The molecular weight excluding hydrogens is 296 g/mol. The molecule has 2 rings (SSSR count). The average molecular weight is 318 g/mol. The number of sulfonamides is 1. The van der Waals surface area contributed by atoms with Crippen LogP contribution in [0.2, 0.25) is 0 Å². The molecule has 20 heavy (non-hydrogen) atoms. The monoisotopic (exact) mass is 318 g/mol. The maximum absolute atomic E-state index is 12.3. The molecule has 0 saturated carbocycles. The van der Waals surface area contributed by atoms with Crippen molar-refractivity contribution in [2.45, 2.75) is 31.0 Å². The van der Waals surface area contributed by atoms with E-state index in [-0.39, 0.29) is 0 Å². The predicted molar refractivity (Wildman–Crippen MR) is 80.6 cm³/mol. The van der Waals surface area contributed by atoms with Gasteiger partial charge in [0.1, 0.15) is 4.21 Å². The standard InChI is InChI=1S/C13H22N2O3S2/c1-3-14-8-12-10(2)6-13(19-12)20(16,17)15-7-11-4-5-18-9-11/h6,11,14-15H,3-5,7-9H2,1-2H3. The minimum absolute atomic E-state index is 0.298. The maximum atomic E-state index is 12.3. The van der Waals surface area contributed by atoms with E-state index in [9.17, 15) is 8.42 Å². The highest BCUT2D eigenvalue weighted by molar-refractivity contribution is 7.91. The van der Waals surface area contributed by atoms with E-state index in [1.807, 2.05) is 13.8 Å². The molecule has 2 heterocycles. The van der Waals surface area contributed by atoms with Crippen molar-refractivity contribution in [1.29, 1.82) is 0 Å². The van der Waals surface area contributed by atoms with Gasteiger partial charge in [0.15, 0.2) is 0 Å². The Bertz CT molecular complexity index is 534. The number of hydrogen-bond donors (Lipinski definition) is 2. The van der Waals surface area contributed by atoms with Gasteiger partial charge in [0.05, 0.1) is 6.61 Å². The lowest BCUT2D eigenvalue weighted by Crippen LogP contribution is -2.29. The third kappa shape index (κ3) is 4.02. The summed E-state index contributed by atoms with van der Waals surface area (Å²) >= 11 is 1.34. The Labute approximate surface area is 124 Å². The number of hydrogen-bond acceptors (Lipinski definition) is 5. The summed E-state index contributed by atoms with van der Waals surface area (Å²) in [5.74, 6) is 0.298. The second kappa shape index (κ2) is 7.00. The molecule has 114 valence electrons. The van der Waals surface area contributed by atoms with Crippen LogP contribution in [-0.4, -0.2) is 34.7 Å². The van der Waals surface area contributed by atoms with Gasteiger partial charge in [0, 0.05) is 24.6 Å². The van der Waals surface area contributed by atoms with Gasteiger partial charge >= 0.3 is 0 Å². The summed E-state index contributed by atoms with van der Waals surface area (Å²) in [5, 5.41) is 3.23. The van der Waals surface area contributed by atoms with E-state index in [0.717, 1.165) is 36.6 Å². The molecule has 1 aliphatic heterocycles. The number of thiophene rings is 1. The molecule has 1 saturated heterocycles. The maximum Gasteiger partial charge on any atom is 0.250 e. The largest absolute Gasteiger partial charge is 0.381 e. The molecule has 5 nitrogen and oxygen atoms in total. The molecule has 1 aromatic rings. The summed E-state index contributed by atoms with van der Waals surface area (Å²) in [4.78, 5) is 1.08. The van der Waals surface area contributed by atoms with Crippen molar-refractivity contribution in [2.75, 3.05) is 26.3 Å². The molecule has 1 aromatic heterocycles. The van der Waals surface area contributed by atoms with Gasteiger partial charge in [-0.1, -0.05) is 6.92 Å². The highest BCUT2D eigenvalue weighted by atomic mass is 32.2. The van der Waals surface area contributed by atoms with Crippen LogP contribution in [0.5, 0.6) is 0 Å². The van der Waals surface area contributed by atoms with Crippen LogP contribution in [0.15, 0.2) is 10.3 Å². The predicted octanol–water partition coefficient (Wildman–Crippen LogP) is 1.48. The van der Waals surface area contributed by atoms with Gasteiger partial charge in [-0.05, 0) is 37.4 Å². The number of rotatable bonds is 7. The summed E-state index contributed by atoms with van der Waals surface area (Å²) in [6, 6.07) is 1.75. The van der Waals surface area contributed by atoms with E-state index in [0.29, 0.717) is 23.3 Å². The topological polar surface area (TPSA) is 67.4 Å². The molecule has 1 unspecified atom stereocenters. The smallest absolute Gasteiger partial charge is 0.250 e. The summed E-state index contributed by atoms with van der Waals surface area (Å²) in [6.07, 6.45) is 0.928. The van der Waals surface area contributed by atoms with Crippen molar-refractivity contribution in [3.8, 4) is 0 Å². The van der Waals surface area contributed by atoms with E-state index in [4.69, 9.17) is 4.74 Å². The van der Waals surface area contributed by atoms with E-state index in [1.165, 1.54) is 11.3 Å². The average Bonchev–Trinajstić information content (AvgIpc) is 3.04. The van der Waals surface area contributed by atoms with Crippen LogP contribution in [0.1, 0.15) is 23.8 Å². The Morgan fingerprint density at radius 3 is 2.95 bits per heavy atom. The molecule has 7 heteroatoms. The number of nitrogens with one attached hydrogen (secondary N) is 2. The zero-order chi connectivity index (χ0) is 14.6. The van der Waals surface area contributed by atoms with Crippen LogP contribution in [0.25, 0.3) is 0 Å². The third-order valence-electron chi connectivity index (χ3n) is 3.38. The molecule has 1 atom stereocenters. The first-order valence-corrected chi connectivity index (χ1v) is 9.20. The van der Waals surface area contributed by atoms with Crippen LogP contribution >= 0.6 is 11.3 Å². The van der Waals surface area contributed by atoms with Gasteiger partial charge in [0.25, 0.3) is 0 Å². The van der Waals surface area contributed by atoms with Crippen molar-refractivity contribution < 1.29 is 13.2 Å². The summed E-state index contributed by atoms with van der Waals surface area (Å²) < 4.78 is 32.9. The Morgan fingerprint density at radius 1 is 1.50 bits per heavy atom. The Kier molecular flexibility index (Phi) is 5.57. The molecular formula is C13H22N2O3S2. The molecule has 0 spiro atoms. The molecule has 0 aromatic carbocycles. The molecule has 2 N–H and O–H groups in total.